The average Bonchev–Trinajstić information content (AvgIpc) is 2.69. The fourth-order valence-corrected chi connectivity index (χ4v) is 1.86. The Morgan fingerprint density at radius 2 is 2.00 bits per heavy atom. The Kier molecular flexibility index (Phi) is 3.38. The van der Waals surface area contributed by atoms with Gasteiger partial charge in [0, 0.05) is 13.0 Å². The lowest BCUT2D eigenvalue weighted by Gasteiger charge is -2.11. The van der Waals surface area contributed by atoms with Crippen molar-refractivity contribution in [1.29, 1.82) is 0 Å². The molecule has 90 valence electrons. The van der Waals surface area contributed by atoms with Gasteiger partial charge in [-0.15, -0.1) is 0 Å². The first-order valence-corrected chi connectivity index (χ1v) is 5.81. The lowest BCUT2D eigenvalue weighted by Crippen LogP contribution is -2.07. The summed E-state index contributed by atoms with van der Waals surface area (Å²) in [5, 5.41) is 3.35. The number of furan rings is 1. The first-order chi connectivity index (χ1) is 8.16. The number of hydrogen-bond acceptors (Lipinski definition) is 3. The second-order valence-corrected chi connectivity index (χ2v) is 4.23. The standard InChI is InChI=1S/C14H18N2O/c1-10-4-3-5-13(15)14(10)16-9-8-12-7-6-11(2)17-12/h3-7,16H,8-9,15H2,1-2H3. The highest BCUT2D eigenvalue weighted by Gasteiger charge is 2.03. The zero-order valence-electron chi connectivity index (χ0n) is 10.3. The lowest BCUT2D eigenvalue weighted by molar-refractivity contribution is 0.486. The summed E-state index contributed by atoms with van der Waals surface area (Å²) < 4.78 is 5.51. The molecule has 0 aliphatic heterocycles. The van der Waals surface area contributed by atoms with Gasteiger partial charge in [-0.25, -0.2) is 0 Å². The second-order valence-electron chi connectivity index (χ2n) is 4.23. The van der Waals surface area contributed by atoms with Crippen LogP contribution in [0.2, 0.25) is 0 Å². The monoisotopic (exact) mass is 230 g/mol. The molecule has 2 rings (SSSR count). The number of nitrogens with one attached hydrogen (secondary N) is 1. The highest BCUT2D eigenvalue weighted by Crippen LogP contribution is 2.22. The van der Waals surface area contributed by atoms with Gasteiger partial charge in [0.15, 0.2) is 0 Å². The summed E-state index contributed by atoms with van der Waals surface area (Å²) in [5.74, 6) is 1.96. The SMILES string of the molecule is Cc1ccc(CCNc2c(C)cccc2N)o1. The fraction of sp³-hybridized carbons (Fsp3) is 0.286. The Labute approximate surface area is 102 Å². The Morgan fingerprint density at radius 3 is 2.65 bits per heavy atom. The number of nitrogens with two attached hydrogens (primary N) is 1. The van der Waals surface area contributed by atoms with Gasteiger partial charge in [-0.1, -0.05) is 12.1 Å². The second kappa shape index (κ2) is 4.95. The Bertz CT molecular complexity index is 482. The summed E-state index contributed by atoms with van der Waals surface area (Å²) in [5.41, 5.74) is 8.90. The van der Waals surface area contributed by atoms with Crippen molar-refractivity contribution in [3.05, 3.63) is 47.4 Å². The van der Waals surface area contributed by atoms with Crippen LogP contribution in [0.4, 0.5) is 11.4 Å². The van der Waals surface area contributed by atoms with Crippen LogP contribution >= 0.6 is 0 Å². The van der Waals surface area contributed by atoms with E-state index < -0.39 is 0 Å². The molecule has 2 aromatic rings. The molecule has 0 aliphatic carbocycles. The molecule has 0 radical (unpaired) electrons. The number of benzene rings is 1. The van der Waals surface area contributed by atoms with Gasteiger partial charge in [-0.3, -0.25) is 0 Å². The summed E-state index contributed by atoms with van der Waals surface area (Å²) in [6.07, 6.45) is 0.863. The first kappa shape index (κ1) is 11.6. The topological polar surface area (TPSA) is 51.2 Å². The van der Waals surface area contributed by atoms with Gasteiger partial charge in [0.2, 0.25) is 0 Å². The van der Waals surface area contributed by atoms with Gasteiger partial charge < -0.3 is 15.5 Å². The fourth-order valence-electron chi connectivity index (χ4n) is 1.86. The maximum absolute atomic E-state index is 5.92. The predicted molar refractivity (Wildman–Crippen MR) is 71.2 cm³/mol. The van der Waals surface area contributed by atoms with E-state index >= 15 is 0 Å². The highest BCUT2D eigenvalue weighted by atomic mass is 16.3. The molecular weight excluding hydrogens is 212 g/mol. The molecule has 0 unspecified atom stereocenters. The number of nitrogen functional groups attached to an aromatic ring is 1. The van der Waals surface area contributed by atoms with Crippen molar-refractivity contribution in [2.75, 3.05) is 17.6 Å². The number of hydrogen-bond donors (Lipinski definition) is 2. The largest absolute Gasteiger partial charge is 0.466 e. The molecule has 1 aromatic carbocycles. The van der Waals surface area contributed by atoms with Gasteiger partial charge in [0.1, 0.15) is 11.5 Å². The number of para-hydroxylation sites is 1. The van der Waals surface area contributed by atoms with Gasteiger partial charge in [-0.2, -0.15) is 0 Å². The van der Waals surface area contributed by atoms with Gasteiger partial charge >= 0.3 is 0 Å². The average molecular weight is 230 g/mol. The molecule has 0 bridgehead atoms. The molecule has 0 spiro atoms. The van der Waals surface area contributed by atoms with Crippen LogP contribution in [0.1, 0.15) is 17.1 Å². The van der Waals surface area contributed by atoms with E-state index in [-0.39, 0.29) is 0 Å². The maximum atomic E-state index is 5.92. The molecular formula is C14H18N2O. The molecule has 0 fully saturated rings. The summed E-state index contributed by atoms with van der Waals surface area (Å²) in [7, 11) is 0. The van der Waals surface area contributed by atoms with Crippen LogP contribution in [0.15, 0.2) is 34.7 Å². The molecule has 17 heavy (non-hydrogen) atoms. The van der Waals surface area contributed by atoms with E-state index in [1.165, 1.54) is 5.56 Å². The summed E-state index contributed by atoms with van der Waals surface area (Å²) in [6.45, 7) is 4.83. The van der Waals surface area contributed by atoms with E-state index in [4.69, 9.17) is 10.2 Å². The van der Waals surface area contributed by atoms with Crippen molar-refractivity contribution in [1.82, 2.24) is 0 Å². The molecule has 0 saturated heterocycles. The minimum absolute atomic E-state index is 0.792. The zero-order valence-corrected chi connectivity index (χ0v) is 10.3. The maximum Gasteiger partial charge on any atom is 0.105 e. The molecule has 1 aromatic heterocycles. The number of anilines is 2. The van der Waals surface area contributed by atoms with Gasteiger partial charge in [-0.05, 0) is 37.6 Å². The van der Waals surface area contributed by atoms with E-state index in [2.05, 4.69) is 18.3 Å². The van der Waals surface area contributed by atoms with Gasteiger partial charge in [0.25, 0.3) is 0 Å². The summed E-state index contributed by atoms with van der Waals surface area (Å²) >= 11 is 0. The van der Waals surface area contributed by atoms with Crippen LogP contribution in [0.25, 0.3) is 0 Å². The van der Waals surface area contributed by atoms with E-state index in [0.29, 0.717) is 0 Å². The minimum Gasteiger partial charge on any atom is -0.466 e. The third kappa shape index (κ3) is 2.81. The molecule has 3 heteroatoms. The molecule has 0 amide bonds. The van der Waals surface area contributed by atoms with Crippen molar-refractivity contribution in [3.8, 4) is 0 Å². The first-order valence-electron chi connectivity index (χ1n) is 5.81. The van der Waals surface area contributed by atoms with Crippen molar-refractivity contribution >= 4 is 11.4 Å². The van der Waals surface area contributed by atoms with Crippen LogP contribution in [0.5, 0.6) is 0 Å². The van der Waals surface area contributed by atoms with E-state index in [9.17, 15) is 0 Å². The Hall–Kier alpha value is -1.90. The number of aryl methyl sites for hydroxylation is 2. The molecule has 3 N–H and O–H groups in total. The highest BCUT2D eigenvalue weighted by molar-refractivity contribution is 5.69. The Morgan fingerprint density at radius 1 is 1.18 bits per heavy atom. The third-order valence-corrected chi connectivity index (χ3v) is 2.77. The Balaban J connectivity index is 1.94. The van der Waals surface area contributed by atoms with Crippen molar-refractivity contribution in [3.63, 3.8) is 0 Å². The molecule has 0 saturated carbocycles. The van der Waals surface area contributed by atoms with Crippen LogP contribution in [-0.2, 0) is 6.42 Å². The van der Waals surface area contributed by atoms with Gasteiger partial charge in [0.05, 0.1) is 11.4 Å². The van der Waals surface area contributed by atoms with Crippen molar-refractivity contribution < 1.29 is 4.42 Å². The van der Waals surface area contributed by atoms with Crippen LogP contribution in [-0.4, -0.2) is 6.54 Å². The third-order valence-electron chi connectivity index (χ3n) is 2.77. The number of rotatable bonds is 4. The van der Waals surface area contributed by atoms with Crippen molar-refractivity contribution in [2.24, 2.45) is 0 Å². The summed E-state index contributed by atoms with van der Waals surface area (Å²) in [6, 6.07) is 9.92. The lowest BCUT2D eigenvalue weighted by atomic mass is 10.1. The van der Waals surface area contributed by atoms with E-state index in [1.807, 2.05) is 31.2 Å². The molecule has 1 heterocycles. The van der Waals surface area contributed by atoms with Crippen molar-refractivity contribution in [2.45, 2.75) is 20.3 Å². The predicted octanol–water partition coefficient (Wildman–Crippen LogP) is 3.13. The summed E-state index contributed by atoms with van der Waals surface area (Å²) in [4.78, 5) is 0. The normalized spacial score (nSPS) is 10.5. The molecule has 3 nitrogen and oxygen atoms in total. The zero-order chi connectivity index (χ0) is 12.3. The quantitative estimate of drug-likeness (QED) is 0.793. The smallest absolute Gasteiger partial charge is 0.105 e. The van der Waals surface area contributed by atoms with Crippen LogP contribution in [0, 0.1) is 13.8 Å². The molecule has 0 aliphatic rings. The molecule has 0 atom stereocenters. The van der Waals surface area contributed by atoms with E-state index in [1.54, 1.807) is 0 Å². The van der Waals surface area contributed by atoms with Crippen LogP contribution in [0.3, 0.4) is 0 Å². The minimum atomic E-state index is 0.792. The van der Waals surface area contributed by atoms with E-state index in [0.717, 1.165) is 35.9 Å². The van der Waals surface area contributed by atoms with Crippen LogP contribution < -0.4 is 11.1 Å².